The summed E-state index contributed by atoms with van der Waals surface area (Å²) in [5, 5.41) is 10.5. The highest BCUT2D eigenvalue weighted by atomic mass is 79.9. The molecular weight excluding hydrogens is 262 g/mol. The largest absolute Gasteiger partial charge is 0.285 e. The van der Waals surface area contributed by atoms with Crippen LogP contribution in [0.1, 0.15) is 17.6 Å². The molecule has 7 heteroatoms. The van der Waals surface area contributed by atoms with Crippen molar-refractivity contribution in [2.75, 3.05) is 0 Å². The fourth-order valence-corrected chi connectivity index (χ4v) is 1.29. The van der Waals surface area contributed by atoms with Gasteiger partial charge >= 0.3 is 0 Å². The first-order chi connectivity index (χ1) is 6.45. The van der Waals surface area contributed by atoms with E-state index in [-0.39, 0.29) is 10.2 Å². The van der Waals surface area contributed by atoms with Crippen molar-refractivity contribution >= 4 is 21.6 Å². The lowest BCUT2D eigenvalue weighted by atomic mass is 10.2. The van der Waals surface area contributed by atoms with E-state index in [1.807, 2.05) is 0 Å². The summed E-state index contributed by atoms with van der Waals surface area (Å²) in [6, 6.07) is 0. The number of pyridine rings is 1. The molecule has 0 amide bonds. The Hall–Kier alpha value is -1.11. The van der Waals surface area contributed by atoms with Crippen LogP contribution in [-0.2, 0) is 0 Å². The standard InChI is InChI=1S/C7H5BrF2N2O2/c1-3-5(12(13)14)4(7(9)10)2-11-6(3)8/h2,7H,1H3. The van der Waals surface area contributed by atoms with Crippen molar-refractivity contribution in [3.63, 3.8) is 0 Å². The number of nitrogens with zero attached hydrogens (tertiary/aromatic N) is 2. The van der Waals surface area contributed by atoms with Gasteiger partial charge in [0.25, 0.3) is 12.1 Å². The van der Waals surface area contributed by atoms with Gasteiger partial charge in [-0.2, -0.15) is 0 Å². The molecule has 0 unspecified atom stereocenters. The van der Waals surface area contributed by atoms with E-state index in [1.165, 1.54) is 6.92 Å². The van der Waals surface area contributed by atoms with Crippen LogP contribution in [0.25, 0.3) is 0 Å². The fraction of sp³-hybridized carbons (Fsp3) is 0.286. The van der Waals surface area contributed by atoms with Crippen LogP contribution < -0.4 is 0 Å². The normalized spacial score (nSPS) is 10.6. The second-order valence-corrected chi connectivity index (χ2v) is 3.29. The lowest BCUT2D eigenvalue weighted by Gasteiger charge is -2.04. The van der Waals surface area contributed by atoms with Gasteiger partial charge in [-0.15, -0.1) is 0 Å². The van der Waals surface area contributed by atoms with Crippen molar-refractivity contribution in [3.05, 3.63) is 32.0 Å². The van der Waals surface area contributed by atoms with E-state index in [9.17, 15) is 18.9 Å². The van der Waals surface area contributed by atoms with E-state index >= 15 is 0 Å². The van der Waals surface area contributed by atoms with Crippen molar-refractivity contribution in [2.45, 2.75) is 13.3 Å². The zero-order valence-corrected chi connectivity index (χ0v) is 8.59. The van der Waals surface area contributed by atoms with Crippen LogP contribution in [0.2, 0.25) is 0 Å². The highest BCUT2D eigenvalue weighted by Crippen LogP contribution is 2.33. The Labute approximate surface area is 86.2 Å². The number of rotatable bonds is 2. The number of alkyl halides is 2. The first-order valence-corrected chi connectivity index (χ1v) is 4.32. The molecule has 0 atom stereocenters. The Balaban J connectivity index is 3.45. The maximum Gasteiger partial charge on any atom is 0.285 e. The van der Waals surface area contributed by atoms with Crippen molar-refractivity contribution in [1.29, 1.82) is 0 Å². The number of hydrogen-bond acceptors (Lipinski definition) is 3. The Kier molecular flexibility index (Phi) is 3.10. The average Bonchev–Trinajstić information content (AvgIpc) is 2.08. The third-order valence-corrected chi connectivity index (χ3v) is 2.47. The third-order valence-electron chi connectivity index (χ3n) is 1.67. The first-order valence-electron chi connectivity index (χ1n) is 3.52. The van der Waals surface area contributed by atoms with Crippen LogP contribution in [0.3, 0.4) is 0 Å². The molecule has 1 aromatic heterocycles. The molecule has 0 fully saturated rings. The maximum absolute atomic E-state index is 12.3. The third kappa shape index (κ3) is 1.87. The molecule has 0 saturated heterocycles. The van der Waals surface area contributed by atoms with Crippen LogP contribution in [-0.4, -0.2) is 9.91 Å². The first kappa shape index (κ1) is 11.0. The van der Waals surface area contributed by atoms with E-state index in [2.05, 4.69) is 20.9 Å². The molecule has 0 aliphatic heterocycles. The molecule has 1 rings (SSSR count). The minimum absolute atomic E-state index is 0.104. The average molecular weight is 267 g/mol. The van der Waals surface area contributed by atoms with Gasteiger partial charge in [0.1, 0.15) is 10.2 Å². The van der Waals surface area contributed by atoms with Gasteiger partial charge in [-0.3, -0.25) is 10.1 Å². The van der Waals surface area contributed by atoms with Gasteiger partial charge in [0.2, 0.25) is 0 Å². The van der Waals surface area contributed by atoms with Crippen molar-refractivity contribution in [3.8, 4) is 0 Å². The highest BCUT2D eigenvalue weighted by Gasteiger charge is 2.26. The molecule has 14 heavy (non-hydrogen) atoms. The van der Waals surface area contributed by atoms with Gasteiger partial charge in [-0.05, 0) is 22.9 Å². The van der Waals surface area contributed by atoms with Crippen molar-refractivity contribution < 1.29 is 13.7 Å². The van der Waals surface area contributed by atoms with Crippen LogP contribution in [0, 0.1) is 17.0 Å². The Morgan fingerprint density at radius 3 is 2.64 bits per heavy atom. The number of halogens is 3. The molecule has 0 radical (unpaired) electrons. The summed E-state index contributed by atoms with van der Waals surface area (Å²) < 4.78 is 24.9. The molecule has 0 spiro atoms. The molecule has 0 aliphatic carbocycles. The molecular formula is C7H5BrF2N2O2. The zero-order valence-electron chi connectivity index (χ0n) is 7.00. The van der Waals surface area contributed by atoms with E-state index in [0.29, 0.717) is 0 Å². The topological polar surface area (TPSA) is 56.0 Å². The zero-order chi connectivity index (χ0) is 10.9. The fourth-order valence-electron chi connectivity index (χ4n) is 1.00. The second-order valence-electron chi connectivity index (χ2n) is 2.54. The number of nitro groups is 1. The van der Waals surface area contributed by atoms with Gasteiger partial charge in [0.15, 0.2) is 0 Å². The van der Waals surface area contributed by atoms with E-state index in [1.54, 1.807) is 0 Å². The predicted molar refractivity (Wildman–Crippen MR) is 48.3 cm³/mol. The Morgan fingerprint density at radius 1 is 1.64 bits per heavy atom. The minimum Gasteiger partial charge on any atom is -0.258 e. The van der Waals surface area contributed by atoms with Crippen LogP contribution >= 0.6 is 15.9 Å². The smallest absolute Gasteiger partial charge is 0.258 e. The summed E-state index contributed by atoms with van der Waals surface area (Å²) in [6.45, 7) is 1.36. The van der Waals surface area contributed by atoms with Crippen molar-refractivity contribution in [1.82, 2.24) is 4.98 Å². The summed E-state index contributed by atoms with van der Waals surface area (Å²) in [5.41, 5.74) is -1.13. The second kappa shape index (κ2) is 3.95. The lowest BCUT2D eigenvalue weighted by Crippen LogP contribution is -2.00. The van der Waals surface area contributed by atoms with Gasteiger partial charge < -0.3 is 0 Å². The SMILES string of the molecule is Cc1c(Br)ncc(C(F)F)c1[N+](=O)[O-]. The summed E-state index contributed by atoms with van der Waals surface area (Å²) >= 11 is 2.94. The Bertz CT molecular complexity index is 384. The van der Waals surface area contributed by atoms with Crippen LogP contribution in [0.4, 0.5) is 14.5 Å². The van der Waals surface area contributed by atoms with Crippen molar-refractivity contribution in [2.24, 2.45) is 0 Å². The molecule has 76 valence electrons. The van der Waals surface area contributed by atoms with E-state index in [4.69, 9.17) is 0 Å². The predicted octanol–water partition coefficient (Wildman–Crippen LogP) is 3.00. The summed E-state index contributed by atoms with van der Waals surface area (Å²) in [5.74, 6) is 0. The molecule has 0 N–H and O–H groups in total. The quantitative estimate of drug-likeness (QED) is 0.470. The maximum atomic E-state index is 12.3. The van der Waals surface area contributed by atoms with E-state index < -0.39 is 22.6 Å². The van der Waals surface area contributed by atoms with Gasteiger partial charge in [0.05, 0.1) is 10.5 Å². The molecule has 0 aliphatic rings. The number of aromatic nitrogens is 1. The molecule has 1 heterocycles. The van der Waals surface area contributed by atoms with Gasteiger partial charge in [0, 0.05) is 6.20 Å². The summed E-state index contributed by atoms with van der Waals surface area (Å²) in [4.78, 5) is 13.3. The number of hydrogen-bond donors (Lipinski definition) is 0. The highest BCUT2D eigenvalue weighted by molar-refractivity contribution is 9.10. The molecule has 0 saturated carbocycles. The van der Waals surface area contributed by atoms with Crippen LogP contribution in [0.15, 0.2) is 10.8 Å². The monoisotopic (exact) mass is 266 g/mol. The Morgan fingerprint density at radius 2 is 2.21 bits per heavy atom. The molecule has 4 nitrogen and oxygen atoms in total. The van der Waals surface area contributed by atoms with E-state index in [0.717, 1.165) is 6.20 Å². The summed E-state index contributed by atoms with van der Waals surface area (Å²) in [7, 11) is 0. The minimum atomic E-state index is -2.89. The molecule has 0 bridgehead atoms. The molecule has 0 aromatic carbocycles. The van der Waals surface area contributed by atoms with Crippen LogP contribution in [0.5, 0.6) is 0 Å². The lowest BCUT2D eigenvalue weighted by molar-refractivity contribution is -0.387. The summed E-state index contributed by atoms with van der Waals surface area (Å²) in [6.07, 6.45) is -2.09. The molecule has 1 aromatic rings. The van der Waals surface area contributed by atoms with Gasteiger partial charge in [-0.25, -0.2) is 13.8 Å². The van der Waals surface area contributed by atoms with Gasteiger partial charge in [-0.1, -0.05) is 0 Å².